The number of nitrogens with zero attached hydrogens (tertiary/aromatic N) is 1. The molecule has 1 spiro atoms. The first-order valence-electron chi connectivity index (χ1n) is 12.0. The van der Waals surface area contributed by atoms with E-state index in [1.165, 1.54) is 29.9 Å². The minimum absolute atomic E-state index is 0.0995. The zero-order valence-corrected chi connectivity index (χ0v) is 19.9. The molecule has 0 unspecified atom stereocenters. The van der Waals surface area contributed by atoms with Crippen LogP contribution in [0.4, 0.5) is 0 Å². The minimum atomic E-state index is -0.442. The molecule has 5 nitrogen and oxygen atoms in total. The Morgan fingerprint density at radius 1 is 1.00 bits per heavy atom. The summed E-state index contributed by atoms with van der Waals surface area (Å²) in [5, 5.41) is 0. The number of methoxy groups -OCH3 is 1. The van der Waals surface area contributed by atoms with E-state index in [4.69, 9.17) is 4.74 Å². The van der Waals surface area contributed by atoms with Crippen molar-refractivity contribution in [2.24, 2.45) is 0 Å². The van der Waals surface area contributed by atoms with Gasteiger partial charge in [-0.05, 0) is 40.5 Å². The van der Waals surface area contributed by atoms with Crippen molar-refractivity contribution in [2.75, 3.05) is 20.2 Å². The van der Waals surface area contributed by atoms with Gasteiger partial charge in [-0.1, -0.05) is 60.7 Å². The summed E-state index contributed by atoms with van der Waals surface area (Å²) in [6, 6.07) is 24.6. The lowest BCUT2D eigenvalue weighted by Gasteiger charge is -2.44. The third kappa shape index (κ3) is 5.05. The maximum absolute atomic E-state index is 13.1. The first-order chi connectivity index (χ1) is 17.0. The molecule has 2 aliphatic rings. The quantitative estimate of drug-likeness (QED) is 0.364. The molecule has 0 saturated carbocycles. The lowest BCUT2D eigenvalue weighted by Crippen LogP contribution is -2.50. The van der Waals surface area contributed by atoms with E-state index in [9.17, 15) is 9.59 Å². The smallest absolute Gasteiger partial charge is 0.330 e. The van der Waals surface area contributed by atoms with E-state index in [1.54, 1.807) is 12.1 Å². The van der Waals surface area contributed by atoms with Gasteiger partial charge >= 0.3 is 5.97 Å². The number of benzene rings is 3. The van der Waals surface area contributed by atoms with Crippen LogP contribution in [-0.4, -0.2) is 42.5 Å². The molecule has 0 N–H and O–H groups in total. The number of likely N-dealkylation sites (tertiary alicyclic amines) is 1. The predicted octanol–water partition coefficient (Wildman–Crippen LogP) is 5.54. The molecule has 0 amide bonds. The molecule has 5 rings (SSSR count). The lowest BCUT2D eigenvalue weighted by molar-refractivity contribution is -0.134. The van der Waals surface area contributed by atoms with Gasteiger partial charge in [-0.3, -0.25) is 9.69 Å². The van der Waals surface area contributed by atoms with Crippen molar-refractivity contribution in [2.45, 2.75) is 31.4 Å². The maximum atomic E-state index is 13.1. The van der Waals surface area contributed by atoms with Crippen molar-refractivity contribution in [3.63, 3.8) is 0 Å². The zero-order chi connectivity index (χ0) is 24.3. The van der Waals surface area contributed by atoms with Crippen molar-refractivity contribution in [1.29, 1.82) is 0 Å². The van der Waals surface area contributed by atoms with Crippen LogP contribution in [0.2, 0.25) is 0 Å². The Morgan fingerprint density at radius 2 is 1.74 bits per heavy atom. The monoisotopic (exact) mass is 467 g/mol. The summed E-state index contributed by atoms with van der Waals surface area (Å²) in [5.41, 5.74) is 4.73. The van der Waals surface area contributed by atoms with Crippen LogP contribution in [0.25, 0.3) is 17.2 Å². The van der Waals surface area contributed by atoms with E-state index in [2.05, 4.69) is 58.2 Å². The van der Waals surface area contributed by atoms with Gasteiger partial charge in [-0.15, -0.1) is 0 Å². The Labute approximate surface area is 206 Å². The Balaban J connectivity index is 1.26. The normalized spacial score (nSPS) is 17.2. The summed E-state index contributed by atoms with van der Waals surface area (Å²) in [6.45, 7) is 2.64. The van der Waals surface area contributed by atoms with Crippen LogP contribution in [0.15, 0.2) is 78.9 Å². The van der Waals surface area contributed by atoms with Crippen molar-refractivity contribution < 1.29 is 19.1 Å². The number of piperidine rings is 1. The predicted molar refractivity (Wildman–Crippen MR) is 136 cm³/mol. The van der Waals surface area contributed by atoms with Gasteiger partial charge in [0, 0.05) is 38.6 Å². The number of ketones is 1. The van der Waals surface area contributed by atoms with Crippen molar-refractivity contribution >= 4 is 17.8 Å². The Hall–Kier alpha value is -3.70. The molecule has 1 saturated heterocycles. The first-order valence-corrected chi connectivity index (χ1v) is 12.0. The molecule has 2 heterocycles. The Kier molecular flexibility index (Phi) is 6.51. The number of Topliss-reactive ketones (excluding diaryl/α,β-unsaturated/α-hetero) is 1. The van der Waals surface area contributed by atoms with E-state index in [0.29, 0.717) is 17.7 Å². The molecule has 178 valence electrons. The topological polar surface area (TPSA) is 55.8 Å². The summed E-state index contributed by atoms with van der Waals surface area (Å²) >= 11 is 0. The summed E-state index contributed by atoms with van der Waals surface area (Å²) in [4.78, 5) is 26.9. The average molecular weight is 468 g/mol. The largest absolute Gasteiger partial charge is 0.486 e. The number of hydrogen-bond donors (Lipinski definition) is 0. The standard InChI is InChI=1S/C30H29NO4/c1-34-29(33)14-12-22-11-13-28-26(19-22)27(32)20-30(35-28)15-17-31(18-16-30)21-24-9-5-6-10-25(24)23-7-3-2-4-8-23/h2-14,19H,15-18,20-21H2,1H3. The molecule has 0 bridgehead atoms. The molecule has 0 atom stereocenters. The number of carbonyl (C=O) groups is 2. The summed E-state index contributed by atoms with van der Waals surface area (Å²) in [6.07, 6.45) is 5.02. The molecule has 1 fully saturated rings. The van der Waals surface area contributed by atoms with Crippen molar-refractivity contribution in [1.82, 2.24) is 4.90 Å². The van der Waals surface area contributed by atoms with Crippen molar-refractivity contribution in [3.8, 4) is 16.9 Å². The van der Waals surface area contributed by atoms with E-state index >= 15 is 0 Å². The van der Waals surface area contributed by atoms with Gasteiger partial charge in [0.05, 0.1) is 19.1 Å². The maximum Gasteiger partial charge on any atom is 0.330 e. The van der Waals surface area contributed by atoms with Gasteiger partial charge in [-0.2, -0.15) is 0 Å². The Morgan fingerprint density at radius 3 is 2.51 bits per heavy atom. The molecule has 2 aliphatic heterocycles. The number of carbonyl (C=O) groups excluding carboxylic acids is 2. The highest BCUT2D eigenvalue weighted by Crippen LogP contribution is 2.40. The summed E-state index contributed by atoms with van der Waals surface area (Å²) in [7, 11) is 1.34. The lowest BCUT2D eigenvalue weighted by atomic mass is 9.82. The van der Waals surface area contributed by atoms with E-state index in [1.807, 2.05) is 18.2 Å². The van der Waals surface area contributed by atoms with E-state index in [0.717, 1.165) is 38.0 Å². The highest BCUT2D eigenvalue weighted by Gasteiger charge is 2.43. The average Bonchev–Trinajstić information content (AvgIpc) is 2.90. The van der Waals surface area contributed by atoms with Crippen LogP contribution in [0.1, 0.15) is 40.7 Å². The summed E-state index contributed by atoms with van der Waals surface area (Å²) < 4.78 is 11.1. The molecule has 35 heavy (non-hydrogen) atoms. The third-order valence-electron chi connectivity index (χ3n) is 6.99. The van der Waals surface area contributed by atoms with Gasteiger partial charge in [0.25, 0.3) is 0 Å². The highest BCUT2D eigenvalue weighted by atomic mass is 16.5. The number of hydrogen-bond acceptors (Lipinski definition) is 5. The van der Waals surface area contributed by atoms with E-state index in [-0.39, 0.29) is 5.78 Å². The Bertz CT molecular complexity index is 1260. The van der Waals surface area contributed by atoms with Gasteiger partial charge in [0.1, 0.15) is 11.4 Å². The second kappa shape index (κ2) is 9.88. The zero-order valence-electron chi connectivity index (χ0n) is 19.9. The summed E-state index contributed by atoms with van der Waals surface area (Å²) in [5.74, 6) is 0.309. The molecular weight excluding hydrogens is 438 g/mol. The van der Waals surface area contributed by atoms with Crippen molar-refractivity contribution in [3.05, 3.63) is 95.6 Å². The number of rotatable bonds is 5. The first kappa shape index (κ1) is 23.1. The molecular formula is C30H29NO4. The fourth-order valence-corrected chi connectivity index (χ4v) is 5.04. The SMILES string of the molecule is COC(=O)C=Cc1ccc2c(c1)C(=O)CC1(CCN(Cc3ccccc3-c3ccccc3)CC1)O2. The fraction of sp³-hybridized carbons (Fsp3) is 0.267. The van der Waals surface area contributed by atoms with Crippen LogP contribution >= 0.6 is 0 Å². The van der Waals surface area contributed by atoms with Crippen LogP contribution in [-0.2, 0) is 16.1 Å². The molecule has 3 aromatic carbocycles. The molecule has 0 aromatic heterocycles. The van der Waals surface area contributed by atoms with Crippen LogP contribution < -0.4 is 4.74 Å². The second-order valence-corrected chi connectivity index (χ2v) is 9.30. The van der Waals surface area contributed by atoms with Gasteiger partial charge in [-0.25, -0.2) is 4.79 Å². The third-order valence-corrected chi connectivity index (χ3v) is 6.99. The second-order valence-electron chi connectivity index (χ2n) is 9.30. The van der Waals surface area contributed by atoms with Gasteiger partial charge < -0.3 is 9.47 Å². The fourth-order valence-electron chi connectivity index (χ4n) is 5.04. The molecule has 3 aromatic rings. The number of esters is 1. The number of ether oxygens (including phenoxy) is 2. The van der Waals surface area contributed by atoms with Crippen LogP contribution in [0, 0.1) is 0 Å². The van der Waals surface area contributed by atoms with Gasteiger partial charge in [0.15, 0.2) is 5.78 Å². The highest BCUT2D eigenvalue weighted by molar-refractivity contribution is 6.01. The number of fused-ring (bicyclic) bond motifs is 1. The minimum Gasteiger partial charge on any atom is -0.486 e. The van der Waals surface area contributed by atoms with Crippen LogP contribution in [0.3, 0.4) is 0 Å². The van der Waals surface area contributed by atoms with E-state index < -0.39 is 11.6 Å². The van der Waals surface area contributed by atoms with Gasteiger partial charge in [0.2, 0.25) is 0 Å². The molecule has 0 radical (unpaired) electrons. The van der Waals surface area contributed by atoms with Crippen LogP contribution in [0.5, 0.6) is 5.75 Å². The molecule has 0 aliphatic carbocycles. The molecule has 5 heteroatoms.